The second-order valence-electron chi connectivity index (χ2n) is 7.54. The molecule has 1 aromatic rings. The third-order valence-corrected chi connectivity index (χ3v) is 6.48. The monoisotopic (exact) mass is 332 g/mol. The number of aliphatic hydroxyl groups is 1. The van der Waals surface area contributed by atoms with E-state index in [-0.39, 0.29) is 18.7 Å². The van der Waals surface area contributed by atoms with Crippen molar-refractivity contribution in [3.05, 3.63) is 35.9 Å². The van der Waals surface area contributed by atoms with Gasteiger partial charge in [-0.2, -0.15) is 0 Å². The van der Waals surface area contributed by atoms with E-state index < -0.39 is 5.92 Å². The lowest BCUT2D eigenvalue weighted by Crippen LogP contribution is -2.62. The molecule has 0 spiro atoms. The Morgan fingerprint density at radius 2 is 1.92 bits per heavy atom. The largest absolute Gasteiger partial charge is 0.461 e. The molecule has 3 heterocycles. The lowest BCUT2D eigenvalue weighted by Gasteiger charge is -2.47. The summed E-state index contributed by atoms with van der Waals surface area (Å²) in [5.41, 5.74) is 0.809. The first-order chi connectivity index (χ1) is 11.6. The number of aliphatic hydroxyl groups excluding tert-OH is 1. The van der Waals surface area contributed by atoms with E-state index in [9.17, 15) is 9.90 Å². The van der Waals surface area contributed by atoms with Gasteiger partial charge in [-0.15, -0.1) is 0 Å². The van der Waals surface area contributed by atoms with Crippen LogP contribution in [0.1, 0.15) is 31.2 Å². The number of quaternary nitrogens is 1. The summed E-state index contributed by atoms with van der Waals surface area (Å²) < 4.78 is 12.7. The highest BCUT2D eigenvalue weighted by molar-refractivity contribution is 5.78. The minimum Gasteiger partial charge on any atom is -0.461 e. The molecule has 4 rings (SSSR count). The molecule has 0 aromatic heterocycles. The van der Waals surface area contributed by atoms with Crippen molar-refractivity contribution >= 4 is 5.97 Å². The molecule has 1 N–H and O–H groups in total. The molecule has 24 heavy (non-hydrogen) atoms. The number of hydrogen-bond donors (Lipinski definition) is 1. The van der Waals surface area contributed by atoms with Crippen LogP contribution >= 0.6 is 0 Å². The molecule has 1 aromatic carbocycles. The molecule has 3 aliphatic rings. The van der Waals surface area contributed by atoms with Crippen LogP contribution in [0.2, 0.25) is 0 Å². The maximum absolute atomic E-state index is 12.6. The van der Waals surface area contributed by atoms with Crippen molar-refractivity contribution in [2.45, 2.75) is 56.1 Å². The Bertz CT molecular complexity index is 601. The fourth-order valence-corrected chi connectivity index (χ4v) is 4.87. The van der Waals surface area contributed by atoms with Crippen molar-refractivity contribution in [3.63, 3.8) is 0 Å². The predicted molar refractivity (Wildman–Crippen MR) is 88.3 cm³/mol. The molecule has 0 aliphatic carbocycles. The van der Waals surface area contributed by atoms with Crippen LogP contribution in [0.4, 0.5) is 0 Å². The standard InChI is InChI=1S/C19H26NO4/c1-3-20(2)15-9-13(10-16(20)18-17(15)24-18)23-19(22)14(11-21)12-7-5-4-6-8-12/h4-8,13-18,21H,3,9-11H2,1-2H3/q+1/t13?,14-,15-,16-,17-,18+,20?/m1/s1. The predicted octanol–water partition coefficient (Wildman–Crippen LogP) is 1.45. The lowest BCUT2D eigenvalue weighted by atomic mass is 9.95. The highest BCUT2D eigenvalue weighted by atomic mass is 16.6. The summed E-state index contributed by atoms with van der Waals surface area (Å²) in [6.07, 6.45) is 2.37. The van der Waals surface area contributed by atoms with Crippen molar-refractivity contribution in [1.82, 2.24) is 0 Å². The minimum absolute atomic E-state index is 0.0561. The Balaban J connectivity index is 1.44. The van der Waals surface area contributed by atoms with Crippen LogP contribution in [0.5, 0.6) is 0 Å². The van der Waals surface area contributed by atoms with Crippen LogP contribution in [-0.4, -0.2) is 66.2 Å². The molecule has 0 radical (unpaired) electrons. The first kappa shape index (κ1) is 16.1. The highest BCUT2D eigenvalue weighted by Gasteiger charge is 2.71. The Morgan fingerprint density at radius 1 is 1.29 bits per heavy atom. The van der Waals surface area contributed by atoms with Crippen LogP contribution in [0.15, 0.2) is 30.3 Å². The van der Waals surface area contributed by atoms with E-state index in [4.69, 9.17) is 9.47 Å². The van der Waals surface area contributed by atoms with Gasteiger partial charge in [0.1, 0.15) is 36.3 Å². The number of fused-ring (bicyclic) bond motifs is 5. The van der Waals surface area contributed by atoms with E-state index in [1.165, 1.54) is 0 Å². The average molecular weight is 332 g/mol. The molecule has 3 fully saturated rings. The summed E-state index contributed by atoms with van der Waals surface area (Å²) in [7, 11) is 2.31. The topological polar surface area (TPSA) is 59.1 Å². The third kappa shape index (κ3) is 2.38. The summed E-state index contributed by atoms with van der Waals surface area (Å²) >= 11 is 0. The van der Waals surface area contributed by atoms with Crippen molar-refractivity contribution < 1.29 is 23.9 Å². The first-order valence-corrected chi connectivity index (χ1v) is 8.95. The van der Waals surface area contributed by atoms with Gasteiger partial charge in [0, 0.05) is 12.8 Å². The van der Waals surface area contributed by atoms with Gasteiger partial charge in [0.2, 0.25) is 0 Å². The van der Waals surface area contributed by atoms with Gasteiger partial charge in [0.05, 0.1) is 20.2 Å². The highest BCUT2D eigenvalue weighted by Crippen LogP contribution is 2.52. The molecule has 3 aliphatic heterocycles. The Labute approximate surface area is 142 Å². The second kappa shape index (κ2) is 5.83. The van der Waals surface area contributed by atoms with Crippen molar-refractivity contribution in [3.8, 4) is 0 Å². The number of carbonyl (C=O) groups excluding carboxylic acids is 1. The number of epoxide rings is 1. The van der Waals surface area contributed by atoms with Crippen LogP contribution in [0.25, 0.3) is 0 Å². The smallest absolute Gasteiger partial charge is 0.316 e. The first-order valence-electron chi connectivity index (χ1n) is 8.95. The Morgan fingerprint density at radius 3 is 2.46 bits per heavy atom. The summed E-state index contributed by atoms with van der Waals surface area (Å²) in [4.78, 5) is 12.6. The fraction of sp³-hybridized carbons (Fsp3) is 0.632. The van der Waals surface area contributed by atoms with E-state index in [2.05, 4.69) is 14.0 Å². The summed E-state index contributed by atoms with van der Waals surface area (Å²) in [5.74, 6) is -0.904. The van der Waals surface area contributed by atoms with Crippen LogP contribution in [0, 0.1) is 0 Å². The number of ether oxygens (including phenoxy) is 2. The van der Waals surface area contributed by atoms with Gasteiger partial charge in [-0.25, -0.2) is 0 Å². The molecule has 5 nitrogen and oxygen atoms in total. The maximum atomic E-state index is 12.6. The maximum Gasteiger partial charge on any atom is 0.316 e. The third-order valence-electron chi connectivity index (χ3n) is 6.48. The summed E-state index contributed by atoms with van der Waals surface area (Å²) in [6, 6.07) is 10.2. The molecule has 130 valence electrons. The van der Waals surface area contributed by atoms with Gasteiger partial charge in [0.15, 0.2) is 0 Å². The van der Waals surface area contributed by atoms with Gasteiger partial charge in [-0.05, 0) is 12.5 Å². The van der Waals surface area contributed by atoms with Gasteiger partial charge >= 0.3 is 5.97 Å². The number of benzene rings is 1. The number of hydrogen-bond acceptors (Lipinski definition) is 4. The molecular weight excluding hydrogens is 306 g/mol. The molecule has 2 unspecified atom stereocenters. The van der Waals surface area contributed by atoms with E-state index >= 15 is 0 Å². The lowest BCUT2D eigenvalue weighted by molar-refractivity contribution is -0.954. The summed E-state index contributed by atoms with van der Waals surface area (Å²) in [6.45, 7) is 3.10. The number of piperidine rings is 1. The van der Waals surface area contributed by atoms with Gasteiger partial charge in [0.25, 0.3) is 0 Å². The van der Waals surface area contributed by atoms with E-state index in [1.54, 1.807) is 0 Å². The number of carbonyl (C=O) groups is 1. The number of rotatable bonds is 5. The molecule has 0 saturated carbocycles. The number of likely N-dealkylation sites (N-methyl/N-ethyl adjacent to an activating group) is 1. The molecule has 0 amide bonds. The number of nitrogens with zero attached hydrogens (tertiary/aromatic N) is 1. The fourth-order valence-electron chi connectivity index (χ4n) is 4.87. The van der Waals surface area contributed by atoms with Crippen LogP contribution < -0.4 is 0 Å². The zero-order valence-corrected chi connectivity index (χ0v) is 14.3. The number of morpholine rings is 1. The summed E-state index contributed by atoms with van der Waals surface area (Å²) in [5, 5.41) is 9.64. The average Bonchev–Trinajstić information content (AvgIpc) is 3.35. The van der Waals surface area contributed by atoms with Crippen LogP contribution in [0.3, 0.4) is 0 Å². The van der Waals surface area contributed by atoms with E-state index in [1.807, 2.05) is 30.3 Å². The van der Waals surface area contributed by atoms with Crippen molar-refractivity contribution in [1.29, 1.82) is 0 Å². The second-order valence-corrected chi connectivity index (χ2v) is 7.54. The normalized spacial score (nSPS) is 40.7. The Hall–Kier alpha value is -1.43. The zero-order valence-electron chi connectivity index (χ0n) is 14.3. The van der Waals surface area contributed by atoms with Gasteiger partial charge < -0.3 is 19.1 Å². The van der Waals surface area contributed by atoms with Crippen molar-refractivity contribution in [2.75, 3.05) is 20.2 Å². The van der Waals surface area contributed by atoms with Crippen molar-refractivity contribution in [2.24, 2.45) is 0 Å². The number of esters is 1. The molecule has 5 heteroatoms. The molecular formula is C19H26NO4+. The van der Waals surface area contributed by atoms with E-state index in [0.717, 1.165) is 29.4 Å². The van der Waals surface area contributed by atoms with Gasteiger partial charge in [-0.3, -0.25) is 4.79 Å². The van der Waals surface area contributed by atoms with E-state index in [0.29, 0.717) is 24.3 Å². The zero-order chi connectivity index (χ0) is 16.9. The molecule has 7 atom stereocenters. The molecule has 3 saturated heterocycles. The SMILES string of the molecule is CC[N+]1(C)[C@@H]2CC(OC(=O)[C@H](CO)c3ccccc3)C[C@@H]1[C@H]1O[C@H]12. The minimum atomic E-state index is -0.594. The quantitative estimate of drug-likeness (QED) is 0.504. The Kier molecular flexibility index (Phi) is 3.90. The molecule has 2 bridgehead atoms. The van der Waals surface area contributed by atoms with Crippen LogP contribution in [-0.2, 0) is 14.3 Å². The van der Waals surface area contributed by atoms with Gasteiger partial charge in [-0.1, -0.05) is 30.3 Å².